The lowest BCUT2D eigenvalue weighted by Crippen LogP contribution is -2.47. The second-order valence-electron chi connectivity index (χ2n) is 8.95. The summed E-state index contributed by atoms with van der Waals surface area (Å²) in [5.41, 5.74) is 0.603. The third-order valence-electron chi connectivity index (χ3n) is 6.52. The van der Waals surface area contributed by atoms with Gasteiger partial charge in [0.25, 0.3) is 5.91 Å². The molecule has 1 amide bonds. The van der Waals surface area contributed by atoms with Crippen LogP contribution in [-0.4, -0.2) is 59.6 Å². The van der Waals surface area contributed by atoms with Crippen molar-refractivity contribution < 1.29 is 18.0 Å². The molecule has 3 aromatic rings. The normalized spacial score (nSPS) is 13.3. The molecule has 2 heterocycles. The quantitative estimate of drug-likeness (QED) is 0.261. The van der Waals surface area contributed by atoms with Crippen LogP contribution in [0, 0.1) is 13.8 Å². The maximum atomic E-state index is 13.5. The van der Waals surface area contributed by atoms with Gasteiger partial charge in [0, 0.05) is 32.7 Å². The first kappa shape index (κ1) is 39.4. The number of aromatic nitrogens is 2. The standard InChI is InChI=1S/C26H28Cl2F3N5O.4ClH/c1-17-24(33-18(2)36(17)21-9-4-3-7-19(21)26(29,30)31)25(37)32-11-6-12-34-13-15-35(16-14-34)22-10-5-8-20(27)23(22)28;;;;/h3-5,7-10H,6,11-16H2,1-2H3,(H,32,37);4*1H. The van der Waals surface area contributed by atoms with Gasteiger partial charge in [0.15, 0.2) is 0 Å². The smallest absolute Gasteiger partial charge is 0.368 e. The molecule has 0 saturated carbocycles. The summed E-state index contributed by atoms with van der Waals surface area (Å²) in [7, 11) is 0. The molecule has 0 unspecified atom stereocenters. The highest BCUT2D eigenvalue weighted by Crippen LogP contribution is 2.35. The van der Waals surface area contributed by atoms with Crippen LogP contribution >= 0.6 is 72.8 Å². The van der Waals surface area contributed by atoms with E-state index in [1.54, 1.807) is 19.9 Å². The van der Waals surface area contributed by atoms with Crippen LogP contribution in [0.3, 0.4) is 0 Å². The fourth-order valence-electron chi connectivity index (χ4n) is 4.66. The Bertz CT molecular complexity index is 1280. The molecule has 1 aliphatic rings. The third-order valence-corrected chi connectivity index (χ3v) is 7.33. The average Bonchev–Trinajstić information content (AvgIpc) is 3.17. The maximum absolute atomic E-state index is 13.5. The van der Waals surface area contributed by atoms with Gasteiger partial charge in [-0.15, -0.1) is 49.6 Å². The Kier molecular flexibility index (Phi) is 16.2. The van der Waals surface area contributed by atoms with Crippen LogP contribution in [-0.2, 0) is 6.18 Å². The van der Waals surface area contributed by atoms with Gasteiger partial charge in [-0.3, -0.25) is 14.3 Å². The third kappa shape index (κ3) is 9.20. The molecule has 41 heavy (non-hydrogen) atoms. The number of para-hydroxylation sites is 1. The second kappa shape index (κ2) is 16.9. The van der Waals surface area contributed by atoms with E-state index in [0.29, 0.717) is 28.1 Å². The number of piperazine rings is 1. The monoisotopic (exact) mass is 697 g/mol. The van der Waals surface area contributed by atoms with Gasteiger partial charge < -0.3 is 10.2 Å². The number of anilines is 1. The highest BCUT2D eigenvalue weighted by atomic mass is 35.5. The number of halogens is 9. The number of aryl methyl sites for hydroxylation is 1. The molecule has 2 aromatic carbocycles. The van der Waals surface area contributed by atoms with Crippen molar-refractivity contribution in [3.05, 3.63) is 75.3 Å². The fourth-order valence-corrected chi connectivity index (χ4v) is 5.07. The first-order valence-corrected chi connectivity index (χ1v) is 12.8. The van der Waals surface area contributed by atoms with E-state index in [2.05, 4.69) is 20.1 Å². The molecule has 6 nitrogen and oxygen atoms in total. The van der Waals surface area contributed by atoms with Gasteiger partial charge in [0.2, 0.25) is 0 Å². The number of nitrogens with one attached hydrogen (secondary N) is 1. The van der Waals surface area contributed by atoms with Crippen molar-refractivity contribution in [2.75, 3.05) is 44.2 Å². The summed E-state index contributed by atoms with van der Waals surface area (Å²) in [4.78, 5) is 21.6. The van der Waals surface area contributed by atoms with E-state index >= 15 is 0 Å². The summed E-state index contributed by atoms with van der Waals surface area (Å²) >= 11 is 12.5. The summed E-state index contributed by atoms with van der Waals surface area (Å²) in [6.45, 7) is 7.80. The molecular formula is C26H32Cl6F3N5O. The zero-order valence-electron chi connectivity index (χ0n) is 22.2. The summed E-state index contributed by atoms with van der Waals surface area (Å²) in [6, 6.07) is 10.9. The summed E-state index contributed by atoms with van der Waals surface area (Å²) in [5, 5.41) is 3.96. The van der Waals surface area contributed by atoms with Crippen molar-refractivity contribution in [3.8, 4) is 5.69 Å². The zero-order chi connectivity index (χ0) is 26.7. The van der Waals surface area contributed by atoms with E-state index in [1.165, 1.54) is 22.8 Å². The summed E-state index contributed by atoms with van der Waals surface area (Å²) < 4.78 is 42.0. The molecule has 0 radical (unpaired) electrons. The van der Waals surface area contributed by atoms with Gasteiger partial charge in [-0.1, -0.05) is 41.4 Å². The van der Waals surface area contributed by atoms with Crippen LogP contribution in [0.5, 0.6) is 0 Å². The Labute approximate surface area is 272 Å². The van der Waals surface area contributed by atoms with Crippen molar-refractivity contribution in [2.45, 2.75) is 26.4 Å². The number of hydrogen-bond donors (Lipinski definition) is 1. The number of imidazole rings is 1. The predicted octanol–water partition coefficient (Wildman–Crippen LogP) is 7.44. The lowest BCUT2D eigenvalue weighted by atomic mass is 10.1. The van der Waals surface area contributed by atoms with E-state index < -0.39 is 17.6 Å². The highest BCUT2D eigenvalue weighted by Gasteiger charge is 2.34. The number of rotatable bonds is 7. The van der Waals surface area contributed by atoms with Crippen LogP contribution in [0.25, 0.3) is 5.69 Å². The van der Waals surface area contributed by atoms with Crippen LogP contribution in [0.15, 0.2) is 42.5 Å². The van der Waals surface area contributed by atoms with Gasteiger partial charge in [0.05, 0.1) is 32.7 Å². The minimum atomic E-state index is -4.52. The number of carbonyl (C=O) groups excluding carboxylic acids is 1. The van der Waals surface area contributed by atoms with Crippen molar-refractivity contribution in [1.82, 2.24) is 19.8 Å². The van der Waals surface area contributed by atoms with Crippen molar-refractivity contribution >= 4 is 84.4 Å². The molecule has 1 fully saturated rings. The topological polar surface area (TPSA) is 53.4 Å². The second-order valence-corrected chi connectivity index (χ2v) is 9.74. The van der Waals surface area contributed by atoms with Gasteiger partial charge >= 0.3 is 6.18 Å². The van der Waals surface area contributed by atoms with E-state index in [9.17, 15) is 18.0 Å². The summed E-state index contributed by atoms with van der Waals surface area (Å²) in [5.74, 6) is -0.0821. The molecule has 0 aliphatic carbocycles. The van der Waals surface area contributed by atoms with Crippen molar-refractivity contribution in [3.63, 3.8) is 0 Å². The highest BCUT2D eigenvalue weighted by molar-refractivity contribution is 6.43. The number of benzene rings is 2. The minimum absolute atomic E-state index is 0. The van der Waals surface area contributed by atoms with Gasteiger partial charge in [-0.2, -0.15) is 13.2 Å². The first-order valence-electron chi connectivity index (χ1n) is 12.0. The number of nitrogens with zero attached hydrogens (tertiary/aromatic N) is 4. The molecule has 1 saturated heterocycles. The fraction of sp³-hybridized carbons (Fsp3) is 0.385. The van der Waals surface area contributed by atoms with Crippen molar-refractivity contribution in [2.24, 2.45) is 0 Å². The Balaban J connectivity index is 0.00000400. The molecule has 1 aromatic heterocycles. The minimum Gasteiger partial charge on any atom is -0.368 e. The Morgan fingerprint density at radius 3 is 2.17 bits per heavy atom. The SMILES string of the molecule is Cc1nc(C(=O)NCCCN2CCN(c3cccc(Cl)c3Cl)CC2)c(C)n1-c1ccccc1C(F)(F)F.Cl.Cl.Cl.Cl. The van der Waals surface area contributed by atoms with Gasteiger partial charge in [0.1, 0.15) is 11.5 Å². The van der Waals surface area contributed by atoms with Gasteiger partial charge in [-0.05, 0) is 51.1 Å². The molecular weight excluding hydrogens is 668 g/mol. The molecule has 0 bridgehead atoms. The van der Waals surface area contributed by atoms with E-state index in [1.807, 2.05) is 12.1 Å². The predicted molar refractivity (Wildman–Crippen MR) is 169 cm³/mol. The number of alkyl halides is 3. The van der Waals surface area contributed by atoms with Crippen LogP contribution in [0.4, 0.5) is 18.9 Å². The first-order chi connectivity index (χ1) is 17.6. The average molecular weight is 700 g/mol. The molecule has 0 atom stereocenters. The van der Waals surface area contributed by atoms with Crippen LogP contribution in [0.2, 0.25) is 10.0 Å². The maximum Gasteiger partial charge on any atom is 0.418 e. The van der Waals surface area contributed by atoms with Gasteiger partial charge in [-0.25, -0.2) is 4.98 Å². The lowest BCUT2D eigenvalue weighted by Gasteiger charge is -2.36. The van der Waals surface area contributed by atoms with E-state index in [0.717, 1.165) is 50.9 Å². The number of hydrogen-bond acceptors (Lipinski definition) is 4. The van der Waals surface area contributed by atoms with Crippen LogP contribution in [0.1, 0.15) is 34.0 Å². The molecule has 0 spiro atoms. The molecule has 4 rings (SSSR count). The molecule has 15 heteroatoms. The Morgan fingerprint density at radius 2 is 1.54 bits per heavy atom. The molecule has 230 valence electrons. The Morgan fingerprint density at radius 1 is 0.927 bits per heavy atom. The lowest BCUT2D eigenvalue weighted by molar-refractivity contribution is -0.137. The zero-order valence-corrected chi connectivity index (χ0v) is 27.0. The van der Waals surface area contributed by atoms with Crippen molar-refractivity contribution in [1.29, 1.82) is 0 Å². The van der Waals surface area contributed by atoms with E-state index in [4.69, 9.17) is 23.2 Å². The molecule has 1 N–H and O–H groups in total. The molecule has 1 aliphatic heterocycles. The van der Waals surface area contributed by atoms with E-state index in [-0.39, 0.29) is 61.0 Å². The Hall–Kier alpha value is -1.59. The van der Waals surface area contributed by atoms with Crippen LogP contribution < -0.4 is 10.2 Å². The number of amides is 1. The summed E-state index contributed by atoms with van der Waals surface area (Å²) in [6.07, 6.45) is -3.78. The number of carbonyl (C=O) groups is 1. The largest absolute Gasteiger partial charge is 0.418 e.